The molecule has 3 rings (SSSR count). The van der Waals surface area contributed by atoms with E-state index in [0.29, 0.717) is 29.6 Å². The number of nitrogens with one attached hydrogen (secondary N) is 2. The molecule has 0 aliphatic carbocycles. The van der Waals surface area contributed by atoms with Crippen LogP contribution in [0.5, 0.6) is 0 Å². The molecular weight excluding hydrogens is 406 g/mol. The Bertz CT molecular complexity index is 1040. The van der Waals surface area contributed by atoms with Crippen molar-refractivity contribution in [1.29, 1.82) is 0 Å². The summed E-state index contributed by atoms with van der Waals surface area (Å²) in [5, 5.41) is 4.80. The lowest BCUT2D eigenvalue weighted by molar-refractivity contribution is -0.116. The van der Waals surface area contributed by atoms with Crippen LogP contribution in [0.3, 0.4) is 0 Å². The van der Waals surface area contributed by atoms with Crippen molar-refractivity contribution in [3.8, 4) is 0 Å². The maximum Gasteiger partial charge on any atom is 0.263 e. The highest BCUT2D eigenvalue weighted by Gasteiger charge is 2.15. The van der Waals surface area contributed by atoms with Gasteiger partial charge in [-0.3, -0.25) is 9.52 Å². The molecule has 0 aliphatic rings. The highest BCUT2D eigenvalue weighted by molar-refractivity contribution is 7.93. The standard InChI is InChI=1S/C21H23N3O3S2/c1-15(2)17-6-3-16(4-7-17)5-12-20(25)23-18-8-10-19(11-9-18)29(26,27)24-21-22-13-14-28-21/h3-4,6-11,13-15H,5,12H2,1-2H3,(H,22,24)(H,23,25). The number of anilines is 2. The number of hydrogen-bond donors (Lipinski definition) is 2. The first-order valence-corrected chi connectivity index (χ1v) is 11.6. The molecule has 0 fully saturated rings. The van der Waals surface area contributed by atoms with E-state index >= 15 is 0 Å². The molecule has 1 heterocycles. The molecule has 0 atom stereocenters. The number of hydrogen-bond acceptors (Lipinski definition) is 5. The lowest BCUT2D eigenvalue weighted by Crippen LogP contribution is -2.14. The number of benzene rings is 2. The zero-order valence-corrected chi connectivity index (χ0v) is 17.9. The Balaban J connectivity index is 1.54. The third-order valence-electron chi connectivity index (χ3n) is 4.39. The number of aromatic nitrogens is 1. The van der Waals surface area contributed by atoms with Gasteiger partial charge in [-0.1, -0.05) is 38.1 Å². The lowest BCUT2D eigenvalue weighted by Gasteiger charge is -2.09. The summed E-state index contributed by atoms with van der Waals surface area (Å²) in [4.78, 5) is 16.2. The van der Waals surface area contributed by atoms with E-state index in [1.165, 1.54) is 35.2 Å². The van der Waals surface area contributed by atoms with E-state index in [1.807, 2.05) is 0 Å². The Morgan fingerprint density at radius 3 is 2.34 bits per heavy atom. The van der Waals surface area contributed by atoms with Gasteiger partial charge in [0.2, 0.25) is 5.91 Å². The number of sulfonamides is 1. The molecule has 2 aromatic carbocycles. The van der Waals surface area contributed by atoms with Crippen LogP contribution >= 0.6 is 11.3 Å². The van der Waals surface area contributed by atoms with Gasteiger partial charge in [-0.25, -0.2) is 13.4 Å². The molecule has 0 radical (unpaired) electrons. The molecule has 6 nitrogen and oxygen atoms in total. The smallest absolute Gasteiger partial charge is 0.263 e. The molecular formula is C21H23N3O3S2. The fourth-order valence-corrected chi connectivity index (χ4v) is 4.50. The van der Waals surface area contributed by atoms with Crippen molar-refractivity contribution in [1.82, 2.24) is 4.98 Å². The van der Waals surface area contributed by atoms with Crippen molar-refractivity contribution in [3.05, 3.63) is 71.2 Å². The average Bonchev–Trinajstić information content (AvgIpc) is 3.19. The van der Waals surface area contributed by atoms with Gasteiger partial charge in [0, 0.05) is 23.7 Å². The molecule has 0 saturated carbocycles. The molecule has 0 spiro atoms. The van der Waals surface area contributed by atoms with E-state index < -0.39 is 10.0 Å². The molecule has 0 bridgehead atoms. The van der Waals surface area contributed by atoms with E-state index in [0.717, 1.165) is 5.56 Å². The third kappa shape index (κ3) is 5.88. The van der Waals surface area contributed by atoms with Gasteiger partial charge in [0.25, 0.3) is 10.0 Å². The molecule has 8 heteroatoms. The molecule has 29 heavy (non-hydrogen) atoms. The summed E-state index contributed by atoms with van der Waals surface area (Å²) in [5.41, 5.74) is 2.94. The maximum absolute atomic E-state index is 12.3. The molecule has 152 valence electrons. The molecule has 0 aliphatic heterocycles. The Kier molecular flexibility index (Phi) is 6.66. The Morgan fingerprint density at radius 2 is 1.76 bits per heavy atom. The van der Waals surface area contributed by atoms with Gasteiger partial charge in [0.15, 0.2) is 5.13 Å². The predicted molar refractivity (Wildman–Crippen MR) is 117 cm³/mol. The minimum atomic E-state index is -3.70. The first-order valence-electron chi connectivity index (χ1n) is 9.24. The van der Waals surface area contributed by atoms with Crippen LogP contribution in [0.25, 0.3) is 0 Å². The van der Waals surface area contributed by atoms with E-state index in [4.69, 9.17) is 0 Å². The largest absolute Gasteiger partial charge is 0.326 e. The molecule has 0 unspecified atom stereocenters. The number of thiazole rings is 1. The predicted octanol–water partition coefficient (Wildman–Crippen LogP) is 4.64. The molecule has 2 N–H and O–H groups in total. The highest BCUT2D eigenvalue weighted by Crippen LogP contribution is 2.20. The zero-order valence-electron chi connectivity index (χ0n) is 16.3. The second kappa shape index (κ2) is 9.19. The number of nitrogens with zero attached hydrogens (tertiary/aromatic N) is 1. The SMILES string of the molecule is CC(C)c1ccc(CCC(=O)Nc2ccc(S(=O)(=O)Nc3nccs3)cc2)cc1. The van der Waals surface area contributed by atoms with Crippen LogP contribution in [0.15, 0.2) is 65.0 Å². The van der Waals surface area contributed by atoms with Gasteiger partial charge < -0.3 is 5.32 Å². The van der Waals surface area contributed by atoms with Crippen LogP contribution in [0.1, 0.15) is 37.3 Å². The summed E-state index contributed by atoms with van der Waals surface area (Å²) in [6.07, 6.45) is 2.53. The van der Waals surface area contributed by atoms with Crippen molar-refractivity contribution >= 4 is 38.1 Å². The summed E-state index contributed by atoms with van der Waals surface area (Å²) in [6, 6.07) is 14.4. The minimum Gasteiger partial charge on any atom is -0.326 e. The second-order valence-corrected chi connectivity index (χ2v) is 9.49. The molecule has 0 saturated heterocycles. The summed E-state index contributed by atoms with van der Waals surface area (Å²) >= 11 is 1.20. The fraction of sp³-hybridized carbons (Fsp3) is 0.238. The number of carbonyl (C=O) groups excluding carboxylic acids is 1. The number of amides is 1. The van der Waals surface area contributed by atoms with Gasteiger partial charge in [-0.05, 0) is 47.7 Å². The average molecular weight is 430 g/mol. The number of rotatable bonds is 8. The van der Waals surface area contributed by atoms with E-state index in [-0.39, 0.29) is 10.8 Å². The van der Waals surface area contributed by atoms with Crippen molar-refractivity contribution < 1.29 is 13.2 Å². The van der Waals surface area contributed by atoms with Crippen molar-refractivity contribution in [2.24, 2.45) is 0 Å². The lowest BCUT2D eigenvalue weighted by atomic mass is 10.0. The molecule has 1 amide bonds. The third-order valence-corrected chi connectivity index (χ3v) is 6.56. The molecule has 1 aromatic heterocycles. The van der Waals surface area contributed by atoms with Crippen LogP contribution in [-0.4, -0.2) is 19.3 Å². The minimum absolute atomic E-state index is 0.107. The Labute approximate surface area is 175 Å². The summed E-state index contributed by atoms with van der Waals surface area (Å²) < 4.78 is 27.1. The van der Waals surface area contributed by atoms with Gasteiger partial charge in [-0.2, -0.15) is 0 Å². The first-order chi connectivity index (χ1) is 13.8. The van der Waals surface area contributed by atoms with E-state index in [2.05, 4.69) is 53.1 Å². The van der Waals surface area contributed by atoms with E-state index in [9.17, 15) is 13.2 Å². The first kappa shape index (κ1) is 21.0. The van der Waals surface area contributed by atoms with Crippen LogP contribution in [0, 0.1) is 0 Å². The fourth-order valence-electron chi connectivity index (χ4n) is 2.72. The van der Waals surface area contributed by atoms with Gasteiger partial charge in [-0.15, -0.1) is 11.3 Å². The van der Waals surface area contributed by atoms with Crippen LogP contribution in [0.4, 0.5) is 10.8 Å². The summed E-state index contributed by atoms with van der Waals surface area (Å²) in [7, 11) is -3.70. The number of aryl methyl sites for hydroxylation is 1. The normalized spacial score (nSPS) is 11.4. The van der Waals surface area contributed by atoms with E-state index in [1.54, 1.807) is 17.5 Å². The van der Waals surface area contributed by atoms with Gasteiger partial charge in [0.1, 0.15) is 0 Å². The van der Waals surface area contributed by atoms with Crippen LogP contribution in [0.2, 0.25) is 0 Å². The van der Waals surface area contributed by atoms with Gasteiger partial charge in [0.05, 0.1) is 4.90 Å². The topological polar surface area (TPSA) is 88.2 Å². The monoisotopic (exact) mass is 429 g/mol. The highest BCUT2D eigenvalue weighted by atomic mass is 32.2. The summed E-state index contributed by atoms with van der Waals surface area (Å²) in [5.74, 6) is 0.366. The van der Waals surface area contributed by atoms with Crippen molar-refractivity contribution in [2.45, 2.75) is 37.5 Å². The number of carbonyl (C=O) groups is 1. The second-order valence-electron chi connectivity index (χ2n) is 6.91. The molecule has 3 aromatic rings. The van der Waals surface area contributed by atoms with Gasteiger partial charge >= 0.3 is 0 Å². The Hall–Kier alpha value is -2.71. The maximum atomic E-state index is 12.3. The quantitative estimate of drug-likeness (QED) is 0.546. The zero-order chi connectivity index (χ0) is 20.9. The Morgan fingerprint density at radius 1 is 1.07 bits per heavy atom. The van der Waals surface area contributed by atoms with Crippen LogP contribution < -0.4 is 10.0 Å². The van der Waals surface area contributed by atoms with Crippen molar-refractivity contribution in [3.63, 3.8) is 0 Å². The summed E-state index contributed by atoms with van der Waals surface area (Å²) in [6.45, 7) is 4.29. The van der Waals surface area contributed by atoms with Crippen molar-refractivity contribution in [2.75, 3.05) is 10.0 Å². The van der Waals surface area contributed by atoms with Crippen LogP contribution in [-0.2, 0) is 21.2 Å².